The molecule has 0 radical (unpaired) electrons. The maximum Gasteiger partial charge on any atom is 0.242 e. The van der Waals surface area contributed by atoms with Gasteiger partial charge in [-0.15, -0.1) is 0 Å². The Balaban J connectivity index is 4.45. The summed E-state index contributed by atoms with van der Waals surface area (Å²) in [6.45, 7) is 7.78. The Morgan fingerprint density at radius 1 is 1.12 bits per heavy atom. The Bertz CT molecular complexity index is 264. The lowest BCUT2D eigenvalue weighted by molar-refractivity contribution is -0.130. The average molecular weight is 243 g/mol. The Hall–Kier alpha value is -1.10. The lowest BCUT2D eigenvalue weighted by atomic mass is 10.0. The van der Waals surface area contributed by atoms with E-state index in [0.29, 0.717) is 12.3 Å². The first-order chi connectivity index (χ1) is 7.79. The van der Waals surface area contributed by atoms with E-state index in [9.17, 15) is 9.59 Å². The van der Waals surface area contributed by atoms with Gasteiger partial charge in [-0.1, -0.05) is 27.7 Å². The summed E-state index contributed by atoms with van der Waals surface area (Å²) in [4.78, 5) is 23.4. The third-order valence-electron chi connectivity index (χ3n) is 2.56. The summed E-state index contributed by atoms with van der Waals surface area (Å²) in [6.07, 6.45) is 0.615. The molecule has 0 saturated heterocycles. The summed E-state index contributed by atoms with van der Waals surface area (Å²) in [6, 6.07) is -1.08. The van der Waals surface area contributed by atoms with Crippen molar-refractivity contribution in [2.45, 2.75) is 46.2 Å². The molecule has 2 atom stereocenters. The number of likely N-dealkylation sites (N-methyl/N-ethyl adjacent to an activating group) is 1. The second-order valence-electron chi connectivity index (χ2n) is 5.08. The normalized spacial score (nSPS) is 14.6. The van der Waals surface area contributed by atoms with E-state index in [1.165, 1.54) is 0 Å². The number of hydrogen-bond acceptors (Lipinski definition) is 3. The molecule has 0 aliphatic rings. The zero-order chi connectivity index (χ0) is 13.6. The zero-order valence-electron chi connectivity index (χ0n) is 11.4. The van der Waals surface area contributed by atoms with E-state index in [2.05, 4.69) is 10.6 Å². The first kappa shape index (κ1) is 15.9. The van der Waals surface area contributed by atoms with Gasteiger partial charge in [-0.3, -0.25) is 9.59 Å². The topological polar surface area (TPSA) is 84.2 Å². The molecule has 0 aromatic rings. The van der Waals surface area contributed by atoms with Crippen LogP contribution in [-0.2, 0) is 9.59 Å². The van der Waals surface area contributed by atoms with Crippen molar-refractivity contribution in [3.63, 3.8) is 0 Å². The van der Waals surface area contributed by atoms with Gasteiger partial charge < -0.3 is 16.4 Å². The van der Waals surface area contributed by atoms with Crippen molar-refractivity contribution >= 4 is 11.8 Å². The number of nitrogens with one attached hydrogen (secondary N) is 2. The molecule has 2 amide bonds. The van der Waals surface area contributed by atoms with Gasteiger partial charge in [0.15, 0.2) is 0 Å². The van der Waals surface area contributed by atoms with Gasteiger partial charge in [0.25, 0.3) is 0 Å². The Kier molecular flexibility index (Phi) is 6.80. The molecule has 0 spiro atoms. The molecule has 0 aromatic carbocycles. The van der Waals surface area contributed by atoms with Crippen molar-refractivity contribution < 1.29 is 9.59 Å². The predicted octanol–water partition coefficient (Wildman–Crippen LogP) is 0.247. The van der Waals surface area contributed by atoms with Crippen LogP contribution < -0.4 is 16.4 Å². The Morgan fingerprint density at radius 2 is 1.65 bits per heavy atom. The smallest absolute Gasteiger partial charge is 0.242 e. The fourth-order valence-electron chi connectivity index (χ4n) is 1.57. The van der Waals surface area contributed by atoms with Crippen LogP contribution in [-0.4, -0.2) is 30.9 Å². The molecule has 0 saturated carbocycles. The molecule has 5 heteroatoms. The molecule has 100 valence electrons. The molecule has 4 N–H and O–H groups in total. The van der Waals surface area contributed by atoms with Crippen molar-refractivity contribution in [1.29, 1.82) is 0 Å². The largest absolute Gasteiger partial charge is 0.357 e. The Labute approximate surface area is 104 Å². The second-order valence-corrected chi connectivity index (χ2v) is 5.08. The van der Waals surface area contributed by atoms with E-state index in [1.54, 1.807) is 7.05 Å². The fraction of sp³-hybridized carbons (Fsp3) is 0.833. The number of amides is 2. The highest BCUT2D eigenvalue weighted by molar-refractivity contribution is 5.89. The minimum Gasteiger partial charge on any atom is -0.357 e. The minimum absolute atomic E-state index is 0.0325. The molecule has 2 unspecified atom stereocenters. The van der Waals surface area contributed by atoms with E-state index in [1.807, 2.05) is 27.7 Å². The summed E-state index contributed by atoms with van der Waals surface area (Å²) in [5.74, 6) is -0.0653. The lowest BCUT2D eigenvalue weighted by Gasteiger charge is -2.23. The molecular weight excluding hydrogens is 218 g/mol. The SMILES string of the molecule is CNC(=O)C(NC(=O)C(N)CC(C)C)C(C)C. The van der Waals surface area contributed by atoms with Gasteiger partial charge in [-0.05, 0) is 18.3 Å². The van der Waals surface area contributed by atoms with Crippen molar-refractivity contribution in [3.05, 3.63) is 0 Å². The third-order valence-corrected chi connectivity index (χ3v) is 2.56. The summed E-state index contributed by atoms with van der Waals surface area (Å²) in [5.41, 5.74) is 5.76. The van der Waals surface area contributed by atoms with Gasteiger partial charge in [-0.2, -0.15) is 0 Å². The van der Waals surface area contributed by atoms with E-state index in [-0.39, 0.29) is 17.7 Å². The van der Waals surface area contributed by atoms with Gasteiger partial charge in [0.2, 0.25) is 11.8 Å². The van der Waals surface area contributed by atoms with Gasteiger partial charge in [0.1, 0.15) is 6.04 Å². The molecule has 0 heterocycles. The molecule has 0 aliphatic heterocycles. The van der Waals surface area contributed by atoms with Gasteiger partial charge >= 0.3 is 0 Å². The first-order valence-corrected chi connectivity index (χ1v) is 6.07. The highest BCUT2D eigenvalue weighted by Gasteiger charge is 2.25. The molecule has 17 heavy (non-hydrogen) atoms. The van der Waals surface area contributed by atoms with Crippen LogP contribution in [0.2, 0.25) is 0 Å². The number of rotatable bonds is 6. The zero-order valence-corrected chi connectivity index (χ0v) is 11.4. The predicted molar refractivity (Wildman–Crippen MR) is 68.3 cm³/mol. The highest BCUT2D eigenvalue weighted by atomic mass is 16.2. The number of carbonyl (C=O) groups is 2. The van der Waals surface area contributed by atoms with Gasteiger partial charge in [0.05, 0.1) is 6.04 Å². The number of carbonyl (C=O) groups excluding carboxylic acids is 2. The van der Waals surface area contributed by atoms with Crippen LogP contribution in [0, 0.1) is 11.8 Å². The average Bonchev–Trinajstić information content (AvgIpc) is 2.22. The molecule has 0 bridgehead atoms. The van der Waals surface area contributed by atoms with Crippen LogP contribution in [0.4, 0.5) is 0 Å². The van der Waals surface area contributed by atoms with Crippen molar-refractivity contribution in [1.82, 2.24) is 10.6 Å². The van der Waals surface area contributed by atoms with Crippen LogP contribution in [0.1, 0.15) is 34.1 Å². The monoisotopic (exact) mass is 243 g/mol. The fourth-order valence-corrected chi connectivity index (χ4v) is 1.57. The van der Waals surface area contributed by atoms with Crippen LogP contribution in [0.15, 0.2) is 0 Å². The first-order valence-electron chi connectivity index (χ1n) is 6.07. The molecule has 0 rings (SSSR count). The quantitative estimate of drug-likeness (QED) is 0.625. The molecule has 0 fully saturated rings. The van der Waals surface area contributed by atoms with E-state index < -0.39 is 12.1 Å². The van der Waals surface area contributed by atoms with Crippen molar-refractivity contribution in [3.8, 4) is 0 Å². The molecular formula is C12H25N3O2. The minimum atomic E-state index is -0.555. The second kappa shape index (κ2) is 7.27. The van der Waals surface area contributed by atoms with Crippen LogP contribution >= 0.6 is 0 Å². The number of hydrogen-bond donors (Lipinski definition) is 3. The maximum absolute atomic E-state index is 11.8. The van der Waals surface area contributed by atoms with Crippen molar-refractivity contribution in [2.75, 3.05) is 7.05 Å². The van der Waals surface area contributed by atoms with Crippen LogP contribution in [0.5, 0.6) is 0 Å². The maximum atomic E-state index is 11.8. The number of nitrogens with two attached hydrogens (primary N) is 1. The lowest BCUT2D eigenvalue weighted by Crippen LogP contribution is -2.53. The molecule has 0 aliphatic carbocycles. The Morgan fingerprint density at radius 3 is 2.00 bits per heavy atom. The third kappa shape index (κ3) is 5.68. The molecule has 0 aromatic heterocycles. The molecule has 5 nitrogen and oxygen atoms in total. The highest BCUT2D eigenvalue weighted by Crippen LogP contribution is 2.05. The van der Waals surface area contributed by atoms with Gasteiger partial charge in [0, 0.05) is 7.05 Å². The summed E-state index contributed by atoms with van der Waals surface area (Å²) >= 11 is 0. The van der Waals surface area contributed by atoms with E-state index in [4.69, 9.17) is 5.73 Å². The van der Waals surface area contributed by atoms with Crippen LogP contribution in [0.25, 0.3) is 0 Å². The van der Waals surface area contributed by atoms with E-state index in [0.717, 1.165) is 0 Å². The van der Waals surface area contributed by atoms with E-state index >= 15 is 0 Å². The summed E-state index contributed by atoms with van der Waals surface area (Å²) in [7, 11) is 1.55. The van der Waals surface area contributed by atoms with Crippen LogP contribution in [0.3, 0.4) is 0 Å². The van der Waals surface area contributed by atoms with Gasteiger partial charge in [-0.25, -0.2) is 0 Å². The summed E-state index contributed by atoms with van der Waals surface area (Å²) in [5, 5.41) is 5.23. The van der Waals surface area contributed by atoms with Crippen molar-refractivity contribution in [2.24, 2.45) is 17.6 Å². The summed E-state index contributed by atoms with van der Waals surface area (Å²) < 4.78 is 0. The standard InChI is InChI=1S/C12H25N3O2/c1-7(2)6-9(13)11(16)15-10(8(3)4)12(17)14-5/h7-10H,6,13H2,1-5H3,(H,14,17)(H,15,16).